The summed E-state index contributed by atoms with van der Waals surface area (Å²) in [6.45, 7) is 4.62. The topological polar surface area (TPSA) is 38.3 Å². The number of carbonyl (C=O) groups is 1. The van der Waals surface area contributed by atoms with Gasteiger partial charge in [0.25, 0.3) is 0 Å². The third kappa shape index (κ3) is 6.39. The number of ether oxygens (including phenoxy) is 1. The second kappa shape index (κ2) is 8.79. The average molecular weight is 309 g/mol. The molecule has 2 rings (SSSR count). The second-order valence-corrected chi connectivity index (χ2v) is 5.60. The van der Waals surface area contributed by atoms with E-state index in [9.17, 15) is 4.79 Å². The molecule has 120 valence electrons. The zero-order valence-electron chi connectivity index (χ0n) is 13.7. The van der Waals surface area contributed by atoms with Gasteiger partial charge in [-0.05, 0) is 49.6 Å². The lowest BCUT2D eigenvalue weighted by Gasteiger charge is -2.09. The van der Waals surface area contributed by atoms with Crippen molar-refractivity contribution < 1.29 is 9.53 Å². The van der Waals surface area contributed by atoms with Crippen molar-refractivity contribution in [3.8, 4) is 5.75 Å². The van der Waals surface area contributed by atoms with Crippen LogP contribution in [0.2, 0.25) is 0 Å². The molecule has 0 heterocycles. The molecule has 0 aliphatic carbocycles. The van der Waals surface area contributed by atoms with Crippen molar-refractivity contribution >= 4 is 12.0 Å². The summed E-state index contributed by atoms with van der Waals surface area (Å²) >= 11 is 0. The van der Waals surface area contributed by atoms with Crippen LogP contribution < -0.4 is 10.1 Å². The molecular weight excluding hydrogens is 286 g/mol. The Hall–Kier alpha value is -2.55. The lowest BCUT2D eigenvalue weighted by Crippen LogP contribution is -2.23. The first-order valence-corrected chi connectivity index (χ1v) is 7.90. The molecule has 1 N–H and O–H groups in total. The summed E-state index contributed by atoms with van der Waals surface area (Å²) < 4.78 is 5.59. The van der Waals surface area contributed by atoms with E-state index in [1.807, 2.05) is 56.3 Å². The Balaban J connectivity index is 1.77. The fourth-order valence-electron chi connectivity index (χ4n) is 2.14. The van der Waals surface area contributed by atoms with Crippen molar-refractivity contribution in [3.63, 3.8) is 0 Å². The summed E-state index contributed by atoms with van der Waals surface area (Å²) in [6, 6.07) is 17.8. The van der Waals surface area contributed by atoms with E-state index in [1.165, 1.54) is 5.56 Å². The fourth-order valence-corrected chi connectivity index (χ4v) is 2.14. The predicted octanol–water partition coefficient (Wildman–Crippen LogP) is 3.85. The molecule has 0 fully saturated rings. The SMILES string of the molecule is CC(C)Oc1ccc(C=CC(=O)NCCc2ccccc2)cc1. The molecule has 0 saturated carbocycles. The zero-order chi connectivity index (χ0) is 16.5. The maximum Gasteiger partial charge on any atom is 0.244 e. The van der Waals surface area contributed by atoms with Crippen LogP contribution in [-0.2, 0) is 11.2 Å². The van der Waals surface area contributed by atoms with Gasteiger partial charge >= 0.3 is 0 Å². The van der Waals surface area contributed by atoms with E-state index in [1.54, 1.807) is 12.2 Å². The van der Waals surface area contributed by atoms with Crippen LogP contribution in [-0.4, -0.2) is 18.6 Å². The van der Waals surface area contributed by atoms with Gasteiger partial charge < -0.3 is 10.1 Å². The van der Waals surface area contributed by atoms with E-state index in [0.717, 1.165) is 17.7 Å². The first-order valence-electron chi connectivity index (χ1n) is 7.90. The number of benzene rings is 2. The number of hydrogen-bond acceptors (Lipinski definition) is 2. The van der Waals surface area contributed by atoms with Crippen molar-refractivity contribution in [1.82, 2.24) is 5.32 Å². The largest absolute Gasteiger partial charge is 0.491 e. The van der Waals surface area contributed by atoms with Gasteiger partial charge in [-0.1, -0.05) is 42.5 Å². The van der Waals surface area contributed by atoms with Gasteiger partial charge in [-0.15, -0.1) is 0 Å². The highest BCUT2D eigenvalue weighted by Gasteiger charge is 1.98. The minimum Gasteiger partial charge on any atom is -0.491 e. The molecule has 0 bridgehead atoms. The van der Waals surface area contributed by atoms with E-state index in [0.29, 0.717) is 6.54 Å². The molecule has 23 heavy (non-hydrogen) atoms. The lowest BCUT2D eigenvalue weighted by molar-refractivity contribution is -0.116. The Labute approximate surface area is 138 Å². The van der Waals surface area contributed by atoms with Crippen molar-refractivity contribution in [3.05, 3.63) is 71.8 Å². The van der Waals surface area contributed by atoms with Gasteiger partial charge in [-0.25, -0.2) is 0 Å². The second-order valence-electron chi connectivity index (χ2n) is 5.60. The average Bonchev–Trinajstić information content (AvgIpc) is 2.55. The lowest BCUT2D eigenvalue weighted by atomic mass is 10.1. The number of rotatable bonds is 7. The van der Waals surface area contributed by atoms with E-state index in [2.05, 4.69) is 17.4 Å². The summed E-state index contributed by atoms with van der Waals surface area (Å²) in [5.41, 5.74) is 2.19. The van der Waals surface area contributed by atoms with E-state index < -0.39 is 0 Å². The molecule has 2 aromatic carbocycles. The van der Waals surface area contributed by atoms with Crippen LogP contribution in [0.25, 0.3) is 6.08 Å². The minimum atomic E-state index is -0.0801. The van der Waals surface area contributed by atoms with Gasteiger partial charge in [0.2, 0.25) is 5.91 Å². The van der Waals surface area contributed by atoms with Crippen LogP contribution in [0.1, 0.15) is 25.0 Å². The molecule has 0 aliphatic rings. The van der Waals surface area contributed by atoms with Crippen LogP contribution in [0.4, 0.5) is 0 Å². The van der Waals surface area contributed by atoms with Crippen molar-refractivity contribution in [2.75, 3.05) is 6.54 Å². The van der Waals surface area contributed by atoms with Crippen molar-refractivity contribution in [1.29, 1.82) is 0 Å². The van der Waals surface area contributed by atoms with Gasteiger partial charge in [0.15, 0.2) is 0 Å². The molecule has 0 atom stereocenters. The summed E-state index contributed by atoms with van der Waals surface area (Å²) in [5.74, 6) is 0.757. The first-order chi connectivity index (χ1) is 11.1. The Morgan fingerprint density at radius 2 is 1.78 bits per heavy atom. The van der Waals surface area contributed by atoms with Crippen molar-refractivity contribution in [2.24, 2.45) is 0 Å². The summed E-state index contributed by atoms with van der Waals surface area (Å²) in [5, 5.41) is 2.89. The smallest absolute Gasteiger partial charge is 0.244 e. The Bertz CT molecular complexity index is 630. The van der Waals surface area contributed by atoms with Gasteiger partial charge in [-0.2, -0.15) is 0 Å². The zero-order valence-corrected chi connectivity index (χ0v) is 13.7. The third-order valence-corrected chi connectivity index (χ3v) is 3.23. The Kier molecular flexibility index (Phi) is 6.42. The van der Waals surface area contributed by atoms with E-state index in [4.69, 9.17) is 4.74 Å². The maximum atomic E-state index is 11.8. The highest BCUT2D eigenvalue weighted by atomic mass is 16.5. The fraction of sp³-hybridized carbons (Fsp3) is 0.250. The highest BCUT2D eigenvalue weighted by Crippen LogP contribution is 2.14. The molecule has 0 unspecified atom stereocenters. The molecule has 3 nitrogen and oxygen atoms in total. The normalized spacial score (nSPS) is 10.9. The molecule has 0 spiro atoms. The molecule has 2 aromatic rings. The highest BCUT2D eigenvalue weighted by molar-refractivity contribution is 5.91. The van der Waals surface area contributed by atoms with Gasteiger partial charge in [0.1, 0.15) is 5.75 Å². The summed E-state index contributed by atoms with van der Waals surface area (Å²) in [4.78, 5) is 11.8. The molecular formula is C20H23NO2. The van der Waals surface area contributed by atoms with E-state index >= 15 is 0 Å². The number of nitrogens with one attached hydrogen (secondary N) is 1. The standard InChI is InChI=1S/C20H23NO2/c1-16(2)23-19-11-8-18(9-12-19)10-13-20(22)21-15-14-17-6-4-3-5-7-17/h3-13,16H,14-15H2,1-2H3,(H,21,22). The number of carbonyl (C=O) groups excluding carboxylic acids is 1. The Morgan fingerprint density at radius 1 is 1.09 bits per heavy atom. The molecule has 0 aliphatic heterocycles. The quantitative estimate of drug-likeness (QED) is 0.789. The van der Waals surface area contributed by atoms with E-state index in [-0.39, 0.29) is 12.0 Å². The molecule has 1 amide bonds. The maximum absolute atomic E-state index is 11.8. The molecule has 0 radical (unpaired) electrons. The predicted molar refractivity (Wildman–Crippen MR) is 94.4 cm³/mol. The van der Waals surface area contributed by atoms with Gasteiger partial charge in [0, 0.05) is 12.6 Å². The monoisotopic (exact) mass is 309 g/mol. The molecule has 0 aromatic heterocycles. The Morgan fingerprint density at radius 3 is 2.43 bits per heavy atom. The van der Waals surface area contributed by atoms with Crippen LogP contribution in [0.15, 0.2) is 60.7 Å². The van der Waals surface area contributed by atoms with Crippen LogP contribution in [0.5, 0.6) is 5.75 Å². The minimum absolute atomic E-state index is 0.0801. The van der Waals surface area contributed by atoms with Crippen LogP contribution in [0.3, 0.4) is 0 Å². The van der Waals surface area contributed by atoms with Gasteiger partial charge in [0.05, 0.1) is 6.10 Å². The van der Waals surface area contributed by atoms with Gasteiger partial charge in [-0.3, -0.25) is 4.79 Å². The first kappa shape index (κ1) is 16.8. The molecule has 3 heteroatoms. The third-order valence-electron chi connectivity index (χ3n) is 3.23. The summed E-state index contributed by atoms with van der Waals surface area (Å²) in [7, 11) is 0. The van der Waals surface area contributed by atoms with Crippen LogP contribution in [0, 0.1) is 0 Å². The van der Waals surface area contributed by atoms with Crippen molar-refractivity contribution in [2.45, 2.75) is 26.4 Å². The number of amides is 1. The molecule has 0 saturated heterocycles. The summed E-state index contributed by atoms with van der Waals surface area (Å²) in [6.07, 6.45) is 4.36. The number of hydrogen-bond donors (Lipinski definition) is 1. The van der Waals surface area contributed by atoms with Crippen LogP contribution >= 0.6 is 0 Å².